The van der Waals surface area contributed by atoms with E-state index in [-0.39, 0.29) is 11.0 Å². The molecule has 1 saturated carbocycles. The van der Waals surface area contributed by atoms with Crippen LogP contribution in [0.5, 0.6) is 0 Å². The van der Waals surface area contributed by atoms with Gasteiger partial charge in [-0.3, -0.25) is 0 Å². The normalized spacial score (nSPS) is 27.1. The van der Waals surface area contributed by atoms with Gasteiger partial charge in [0.15, 0.2) is 17.5 Å². The maximum absolute atomic E-state index is 13.9. The van der Waals surface area contributed by atoms with Crippen molar-refractivity contribution in [2.24, 2.45) is 11.1 Å². The number of benzene rings is 1. The molecular formula is C15H20F3N. The number of nitrogens with two attached hydrogens (primary N) is 1. The summed E-state index contributed by atoms with van der Waals surface area (Å²) in [6.07, 6.45) is 3.90. The summed E-state index contributed by atoms with van der Waals surface area (Å²) in [5.41, 5.74) is 5.66. The molecule has 0 bridgehead atoms. The van der Waals surface area contributed by atoms with Gasteiger partial charge in [0, 0.05) is 11.1 Å². The lowest BCUT2D eigenvalue weighted by molar-refractivity contribution is 0.294. The minimum Gasteiger partial charge on any atom is -0.321 e. The van der Waals surface area contributed by atoms with Gasteiger partial charge >= 0.3 is 0 Å². The van der Waals surface area contributed by atoms with Gasteiger partial charge in [0.05, 0.1) is 0 Å². The second-order valence-corrected chi connectivity index (χ2v) is 6.40. The fourth-order valence-electron chi connectivity index (χ4n) is 2.87. The first kappa shape index (κ1) is 14.4. The van der Waals surface area contributed by atoms with Gasteiger partial charge in [0.2, 0.25) is 0 Å². The lowest BCUT2D eigenvalue weighted by Crippen LogP contribution is -2.37. The van der Waals surface area contributed by atoms with Gasteiger partial charge in [-0.2, -0.15) is 0 Å². The van der Waals surface area contributed by atoms with E-state index in [4.69, 9.17) is 5.73 Å². The Bertz CT molecular complexity index is 485. The highest BCUT2D eigenvalue weighted by atomic mass is 19.2. The van der Waals surface area contributed by atoms with Crippen LogP contribution in [-0.4, -0.2) is 0 Å². The highest BCUT2D eigenvalue weighted by molar-refractivity contribution is 5.28. The zero-order chi connectivity index (χ0) is 14.3. The van der Waals surface area contributed by atoms with Crippen LogP contribution < -0.4 is 5.73 Å². The van der Waals surface area contributed by atoms with Crippen LogP contribution in [0.2, 0.25) is 0 Å². The van der Waals surface area contributed by atoms with Crippen molar-refractivity contribution in [3.8, 4) is 0 Å². The van der Waals surface area contributed by atoms with Gasteiger partial charge in [-0.1, -0.05) is 26.3 Å². The molecule has 1 fully saturated rings. The molecule has 4 heteroatoms. The fraction of sp³-hybridized carbons (Fsp3) is 0.600. The lowest BCUT2D eigenvalue weighted by Gasteiger charge is -2.30. The average Bonchev–Trinajstić information content (AvgIpc) is 2.46. The molecule has 0 saturated heterocycles. The average molecular weight is 271 g/mol. The Morgan fingerprint density at radius 2 is 1.63 bits per heavy atom. The van der Waals surface area contributed by atoms with E-state index < -0.39 is 23.0 Å². The summed E-state index contributed by atoms with van der Waals surface area (Å²) in [5, 5.41) is 0. The number of hydrogen-bond acceptors (Lipinski definition) is 1. The van der Waals surface area contributed by atoms with E-state index >= 15 is 0 Å². The quantitative estimate of drug-likeness (QED) is 0.599. The van der Waals surface area contributed by atoms with E-state index in [9.17, 15) is 13.2 Å². The first-order valence-electron chi connectivity index (χ1n) is 6.68. The summed E-state index contributed by atoms with van der Waals surface area (Å²) >= 11 is 0. The first-order chi connectivity index (χ1) is 8.75. The molecule has 19 heavy (non-hydrogen) atoms. The molecule has 1 aliphatic carbocycles. The van der Waals surface area contributed by atoms with E-state index in [1.54, 1.807) is 0 Å². The molecule has 0 aliphatic heterocycles. The summed E-state index contributed by atoms with van der Waals surface area (Å²) in [4.78, 5) is 0. The van der Waals surface area contributed by atoms with Crippen molar-refractivity contribution in [1.29, 1.82) is 0 Å². The topological polar surface area (TPSA) is 26.0 Å². The Morgan fingerprint density at radius 3 is 2.32 bits per heavy atom. The van der Waals surface area contributed by atoms with Crippen molar-refractivity contribution >= 4 is 0 Å². The molecule has 0 heterocycles. The van der Waals surface area contributed by atoms with Gasteiger partial charge in [-0.05, 0) is 37.2 Å². The third kappa shape index (κ3) is 2.78. The van der Waals surface area contributed by atoms with Crippen molar-refractivity contribution in [3.05, 3.63) is 35.1 Å². The zero-order valence-corrected chi connectivity index (χ0v) is 11.4. The fourth-order valence-corrected chi connectivity index (χ4v) is 2.87. The molecule has 106 valence electrons. The van der Waals surface area contributed by atoms with Gasteiger partial charge in [-0.15, -0.1) is 0 Å². The Kier molecular flexibility index (Phi) is 3.65. The Hall–Kier alpha value is -1.03. The van der Waals surface area contributed by atoms with Gasteiger partial charge in [0.1, 0.15) is 0 Å². The predicted molar refractivity (Wildman–Crippen MR) is 69.0 cm³/mol. The van der Waals surface area contributed by atoms with Crippen LogP contribution in [0.3, 0.4) is 0 Å². The molecule has 0 amide bonds. The van der Waals surface area contributed by atoms with Gasteiger partial charge in [0.25, 0.3) is 0 Å². The van der Waals surface area contributed by atoms with Gasteiger partial charge < -0.3 is 5.73 Å². The van der Waals surface area contributed by atoms with Gasteiger partial charge in [-0.25, -0.2) is 13.2 Å². The Balaban J connectivity index is 2.37. The maximum atomic E-state index is 13.9. The molecule has 1 nitrogen and oxygen atoms in total. The first-order valence-corrected chi connectivity index (χ1v) is 6.68. The van der Waals surface area contributed by atoms with Crippen molar-refractivity contribution in [3.63, 3.8) is 0 Å². The monoisotopic (exact) mass is 271 g/mol. The number of halogens is 3. The molecule has 1 unspecified atom stereocenters. The highest BCUT2D eigenvalue weighted by Gasteiger charge is 2.36. The number of hydrogen-bond donors (Lipinski definition) is 1. The van der Waals surface area contributed by atoms with E-state index in [1.165, 1.54) is 6.07 Å². The molecule has 0 radical (unpaired) electrons. The van der Waals surface area contributed by atoms with Crippen LogP contribution in [-0.2, 0) is 5.54 Å². The Labute approximate surface area is 112 Å². The molecule has 1 aromatic carbocycles. The van der Waals surface area contributed by atoms with E-state index in [0.717, 1.165) is 25.3 Å². The van der Waals surface area contributed by atoms with Crippen molar-refractivity contribution < 1.29 is 13.2 Å². The van der Waals surface area contributed by atoms with Crippen LogP contribution in [0, 0.1) is 22.9 Å². The van der Waals surface area contributed by atoms with Crippen LogP contribution in [0.1, 0.15) is 51.5 Å². The van der Waals surface area contributed by atoms with Crippen LogP contribution in [0.4, 0.5) is 13.2 Å². The molecule has 1 aromatic rings. The van der Waals surface area contributed by atoms with Crippen molar-refractivity contribution in [1.82, 2.24) is 0 Å². The third-order valence-electron chi connectivity index (χ3n) is 4.30. The van der Waals surface area contributed by atoms with E-state index in [0.29, 0.717) is 12.8 Å². The summed E-state index contributed by atoms with van der Waals surface area (Å²) < 4.78 is 40.3. The predicted octanol–water partition coefficient (Wildman–Crippen LogP) is 4.25. The van der Waals surface area contributed by atoms with Crippen molar-refractivity contribution in [2.75, 3.05) is 0 Å². The minimum atomic E-state index is -1.43. The lowest BCUT2D eigenvalue weighted by atomic mass is 9.81. The SMILES string of the molecule is CC1(C)CCCC(N)(c2ccc(F)c(F)c2F)CC1. The molecule has 2 N–H and O–H groups in total. The van der Waals surface area contributed by atoms with Crippen LogP contribution in [0.25, 0.3) is 0 Å². The largest absolute Gasteiger partial charge is 0.321 e. The maximum Gasteiger partial charge on any atom is 0.194 e. The standard InChI is InChI=1S/C15H20F3N/c1-14(2)6-3-7-15(19,9-8-14)10-4-5-11(16)13(18)12(10)17/h4-5H,3,6-9,19H2,1-2H3. The second kappa shape index (κ2) is 4.82. The number of rotatable bonds is 1. The van der Waals surface area contributed by atoms with E-state index in [1.807, 2.05) is 0 Å². The Morgan fingerprint density at radius 1 is 0.947 bits per heavy atom. The summed E-state index contributed by atoms with van der Waals surface area (Å²) in [6, 6.07) is 2.24. The second-order valence-electron chi connectivity index (χ2n) is 6.40. The van der Waals surface area contributed by atoms with Crippen LogP contribution in [0.15, 0.2) is 12.1 Å². The molecular weight excluding hydrogens is 251 g/mol. The third-order valence-corrected chi connectivity index (χ3v) is 4.30. The minimum absolute atomic E-state index is 0.101. The molecule has 1 atom stereocenters. The van der Waals surface area contributed by atoms with Crippen LogP contribution >= 0.6 is 0 Å². The molecule has 2 rings (SSSR count). The van der Waals surface area contributed by atoms with Crippen molar-refractivity contribution in [2.45, 2.75) is 51.5 Å². The van der Waals surface area contributed by atoms with E-state index in [2.05, 4.69) is 13.8 Å². The summed E-state index contributed by atoms with van der Waals surface area (Å²) in [5.74, 6) is -3.73. The molecule has 0 aromatic heterocycles. The smallest absolute Gasteiger partial charge is 0.194 e. The highest BCUT2D eigenvalue weighted by Crippen LogP contribution is 2.42. The molecule has 1 aliphatic rings. The summed E-state index contributed by atoms with van der Waals surface area (Å²) in [6.45, 7) is 4.31. The summed E-state index contributed by atoms with van der Waals surface area (Å²) in [7, 11) is 0. The zero-order valence-electron chi connectivity index (χ0n) is 11.4. The molecule has 0 spiro atoms.